The number of carboxylic acids is 1. The van der Waals surface area contributed by atoms with Gasteiger partial charge in [-0.2, -0.15) is 0 Å². The van der Waals surface area contributed by atoms with Crippen molar-refractivity contribution in [2.75, 3.05) is 7.11 Å². The number of carbonyl (C=O) groups is 1. The van der Waals surface area contributed by atoms with Crippen LogP contribution in [-0.4, -0.2) is 23.2 Å². The van der Waals surface area contributed by atoms with E-state index in [-0.39, 0.29) is 5.56 Å². The van der Waals surface area contributed by atoms with E-state index in [0.29, 0.717) is 22.3 Å². The molecule has 2 aromatic carbocycles. The normalized spacial score (nSPS) is 10.7. The average Bonchev–Trinajstić information content (AvgIpc) is 2.60. The number of hydrogen-bond acceptors (Lipinski definition) is 3. The van der Waals surface area contributed by atoms with E-state index in [9.17, 15) is 9.90 Å². The van der Waals surface area contributed by atoms with Gasteiger partial charge in [-0.15, -0.1) is 0 Å². The molecular formula is C19H17NO3. The van der Waals surface area contributed by atoms with Gasteiger partial charge in [0.15, 0.2) is 0 Å². The number of ether oxygens (including phenoxy) is 1. The summed E-state index contributed by atoms with van der Waals surface area (Å²) < 4.78 is 5.18. The number of aromatic carboxylic acids is 1. The maximum Gasteiger partial charge on any atom is 0.336 e. The molecule has 0 aliphatic heterocycles. The Morgan fingerprint density at radius 3 is 2.48 bits per heavy atom. The molecule has 0 saturated heterocycles. The molecule has 0 saturated carbocycles. The third-order valence-electron chi connectivity index (χ3n) is 3.90. The van der Waals surface area contributed by atoms with Gasteiger partial charge in [0.05, 0.1) is 23.9 Å². The minimum absolute atomic E-state index is 0.225. The minimum Gasteiger partial charge on any atom is -0.497 e. The minimum atomic E-state index is -0.975. The maximum absolute atomic E-state index is 11.6. The fourth-order valence-electron chi connectivity index (χ4n) is 2.57. The maximum atomic E-state index is 11.6. The monoisotopic (exact) mass is 307 g/mol. The van der Waals surface area contributed by atoms with Gasteiger partial charge in [0.25, 0.3) is 0 Å². The van der Waals surface area contributed by atoms with Crippen LogP contribution in [0, 0.1) is 0 Å². The Balaban J connectivity index is 2.20. The number of benzene rings is 2. The molecule has 0 atom stereocenters. The van der Waals surface area contributed by atoms with E-state index in [4.69, 9.17) is 4.74 Å². The van der Waals surface area contributed by atoms with Crippen molar-refractivity contribution in [1.29, 1.82) is 0 Å². The molecule has 4 nitrogen and oxygen atoms in total. The second-order valence-electron chi connectivity index (χ2n) is 5.29. The van der Waals surface area contributed by atoms with Gasteiger partial charge < -0.3 is 9.84 Å². The molecule has 0 amide bonds. The molecule has 0 unspecified atom stereocenters. The Bertz CT molecular complexity index is 870. The van der Waals surface area contributed by atoms with Crippen molar-refractivity contribution in [3.63, 3.8) is 0 Å². The SMILES string of the molecule is CCc1ccc(-c2cc(C(=O)O)c3cc(OC)ccc3n2)cc1. The first-order chi connectivity index (χ1) is 11.1. The van der Waals surface area contributed by atoms with Crippen LogP contribution >= 0.6 is 0 Å². The van der Waals surface area contributed by atoms with E-state index in [2.05, 4.69) is 11.9 Å². The molecule has 0 bridgehead atoms. The first kappa shape index (κ1) is 15.0. The van der Waals surface area contributed by atoms with Crippen molar-refractivity contribution >= 4 is 16.9 Å². The molecular weight excluding hydrogens is 290 g/mol. The topological polar surface area (TPSA) is 59.4 Å². The zero-order chi connectivity index (χ0) is 16.4. The Labute approximate surface area is 134 Å². The average molecular weight is 307 g/mol. The lowest BCUT2D eigenvalue weighted by molar-refractivity contribution is 0.0699. The molecule has 1 N–H and O–H groups in total. The Kier molecular flexibility index (Phi) is 3.98. The summed E-state index contributed by atoms with van der Waals surface area (Å²) in [6.07, 6.45) is 0.964. The summed E-state index contributed by atoms with van der Waals surface area (Å²) >= 11 is 0. The zero-order valence-corrected chi connectivity index (χ0v) is 13.0. The summed E-state index contributed by atoms with van der Waals surface area (Å²) in [7, 11) is 1.55. The molecule has 0 fully saturated rings. The number of aryl methyl sites for hydroxylation is 1. The summed E-state index contributed by atoms with van der Waals surface area (Å²) in [4.78, 5) is 16.2. The summed E-state index contributed by atoms with van der Waals surface area (Å²) in [6, 6.07) is 14.9. The lowest BCUT2D eigenvalue weighted by Crippen LogP contribution is -2.00. The van der Waals surface area contributed by atoms with Crippen molar-refractivity contribution in [2.24, 2.45) is 0 Å². The van der Waals surface area contributed by atoms with Crippen LogP contribution in [0.4, 0.5) is 0 Å². The zero-order valence-electron chi connectivity index (χ0n) is 13.0. The Morgan fingerprint density at radius 1 is 1.13 bits per heavy atom. The largest absolute Gasteiger partial charge is 0.497 e. The van der Waals surface area contributed by atoms with Crippen LogP contribution in [0.5, 0.6) is 5.75 Å². The van der Waals surface area contributed by atoms with Gasteiger partial charge in [0.2, 0.25) is 0 Å². The smallest absolute Gasteiger partial charge is 0.336 e. The molecule has 3 aromatic rings. The highest BCUT2D eigenvalue weighted by molar-refractivity contribution is 6.04. The highest BCUT2D eigenvalue weighted by Crippen LogP contribution is 2.28. The van der Waals surface area contributed by atoms with Crippen molar-refractivity contribution in [3.05, 3.63) is 59.7 Å². The second-order valence-corrected chi connectivity index (χ2v) is 5.29. The van der Waals surface area contributed by atoms with Crippen LogP contribution in [0.15, 0.2) is 48.5 Å². The van der Waals surface area contributed by atoms with Gasteiger partial charge in [0, 0.05) is 10.9 Å². The number of pyridine rings is 1. The molecule has 0 aliphatic carbocycles. The van der Waals surface area contributed by atoms with Gasteiger partial charge >= 0.3 is 5.97 Å². The third kappa shape index (κ3) is 2.88. The predicted molar refractivity (Wildman–Crippen MR) is 90.1 cm³/mol. The molecule has 0 aliphatic rings. The summed E-state index contributed by atoms with van der Waals surface area (Å²) in [5.41, 5.74) is 3.66. The number of carboxylic acid groups (broad SMARTS) is 1. The Hall–Kier alpha value is -2.88. The van der Waals surface area contributed by atoms with Crippen LogP contribution < -0.4 is 4.74 Å². The van der Waals surface area contributed by atoms with Crippen molar-refractivity contribution < 1.29 is 14.6 Å². The molecule has 1 heterocycles. The van der Waals surface area contributed by atoms with Crippen LogP contribution in [0.25, 0.3) is 22.2 Å². The van der Waals surface area contributed by atoms with Crippen LogP contribution in [-0.2, 0) is 6.42 Å². The van der Waals surface area contributed by atoms with E-state index in [1.54, 1.807) is 31.4 Å². The molecule has 3 rings (SSSR count). The van der Waals surface area contributed by atoms with Crippen molar-refractivity contribution in [2.45, 2.75) is 13.3 Å². The number of methoxy groups -OCH3 is 1. The molecule has 116 valence electrons. The first-order valence-corrected chi connectivity index (χ1v) is 7.43. The lowest BCUT2D eigenvalue weighted by Gasteiger charge is -2.09. The van der Waals surface area contributed by atoms with Crippen molar-refractivity contribution in [3.8, 4) is 17.0 Å². The van der Waals surface area contributed by atoms with Gasteiger partial charge in [-0.1, -0.05) is 31.2 Å². The molecule has 0 spiro atoms. The highest BCUT2D eigenvalue weighted by Gasteiger charge is 2.13. The van der Waals surface area contributed by atoms with Gasteiger partial charge in [-0.3, -0.25) is 0 Å². The van der Waals surface area contributed by atoms with Crippen LogP contribution in [0.2, 0.25) is 0 Å². The fraction of sp³-hybridized carbons (Fsp3) is 0.158. The fourth-order valence-corrected chi connectivity index (χ4v) is 2.57. The highest BCUT2D eigenvalue weighted by atomic mass is 16.5. The molecule has 1 aromatic heterocycles. The standard InChI is InChI=1S/C19H17NO3/c1-3-12-4-6-13(7-5-12)18-11-16(19(21)22)15-10-14(23-2)8-9-17(15)20-18/h4-11H,3H2,1-2H3,(H,21,22). The number of aromatic nitrogens is 1. The van der Waals surface area contributed by atoms with E-state index in [1.807, 2.05) is 24.3 Å². The van der Waals surface area contributed by atoms with Crippen LogP contribution in [0.3, 0.4) is 0 Å². The van der Waals surface area contributed by atoms with E-state index >= 15 is 0 Å². The van der Waals surface area contributed by atoms with Crippen LogP contribution in [0.1, 0.15) is 22.8 Å². The quantitative estimate of drug-likeness (QED) is 0.786. The number of rotatable bonds is 4. The second kappa shape index (κ2) is 6.08. The lowest BCUT2D eigenvalue weighted by atomic mass is 10.0. The van der Waals surface area contributed by atoms with Gasteiger partial charge in [-0.25, -0.2) is 9.78 Å². The number of nitrogens with zero attached hydrogens (tertiary/aromatic N) is 1. The Morgan fingerprint density at radius 2 is 1.87 bits per heavy atom. The van der Waals surface area contributed by atoms with Gasteiger partial charge in [0.1, 0.15) is 5.75 Å². The third-order valence-corrected chi connectivity index (χ3v) is 3.90. The van der Waals surface area contributed by atoms with Crippen molar-refractivity contribution in [1.82, 2.24) is 4.98 Å². The summed E-state index contributed by atoms with van der Waals surface area (Å²) in [6.45, 7) is 2.10. The summed E-state index contributed by atoms with van der Waals surface area (Å²) in [5.74, 6) is -0.362. The first-order valence-electron chi connectivity index (χ1n) is 7.43. The molecule has 4 heteroatoms. The number of fused-ring (bicyclic) bond motifs is 1. The van der Waals surface area contributed by atoms with Gasteiger partial charge in [-0.05, 0) is 36.2 Å². The van der Waals surface area contributed by atoms with E-state index in [0.717, 1.165) is 12.0 Å². The molecule has 0 radical (unpaired) electrons. The number of hydrogen-bond donors (Lipinski definition) is 1. The molecule has 23 heavy (non-hydrogen) atoms. The van der Waals surface area contributed by atoms with E-state index in [1.165, 1.54) is 5.56 Å². The predicted octanol–water partition coefficient (Wildman–Crippen LogP) is 4.17. The van der Waals surface area contributed by atoms with E-state index < -0.39 is 5.97 Å². The summed E-state index contributed by atoms with van der Waals surface area (Å²) in [5, 5.41) is 10.1.